The van der Waals surface area contributed by atoms with Gasteiger partial charge in [0.2, 0.25) is 0 Å². The normalized spacial score (nSPS) is 14.9. The Morgan fingerprint density at radius 3 is 2.53 bits per heavy atom. The molecular formula is C26H26N2O7S. The number of thiazole rings is 1. The number of carbonyl (C=O) groups excluding carboxylic acids is 1. The van der Waals surface area contributed by atoms with E-state index in [1.807, 2.05) is 13.8 Å². The fourth-order valence-electron chi connectivity index (χ4n) is 3.92. The van der Waals surface area contributed by atoms with Crippen molar-refractivity contribution in [3.8, 4) is 23.0 Å². The van der Waals surface area contributed by atoms with Gasteiger partial charge in [0.25, 0.3) is 5.56 Å². The highest BCUT2D eigenvalue weighted by molar-refractivity contribution is 7.07. The van der Waals surface area contributed by atoms with Crippen LogP contribution in [0.25, 0.3) is 6.08 Å². The lowest BCUT2D eigenvalue weighted by molar-refractivity contribution is -0.136. The molecule has 0 bridgehead atoms. The van der Waals surface area contributed by atoms with Crippen LogP contribution in [0.15, 0.2) is 58.0 Å². The number of phenolic OH excluding ortho intramolecular Hbond substituents is 1. The Labute approximate surface area is 211 Å². The van der Waals surface area contributed by atoms with E-state index in [4.69, 9.17) is 18.9 Å². The number of methoxy groups -OCH3 is 2. The number of aromatic nitrogens is 1. The molecule has 0 fully saturated rings. The summed E-state index contributed by atoms with van der Waals surface area (Å²) in [5, 5.41) is 9.88. The fourth-order valence-corrected chi connectivity index (χ4v) is 4.89. The Morgan fingerprint density at radius 1 is 1.08 bits per heavy atom. The number of aromatic hydroxyl groups is 1. The van der Waals surface area contributed by atoms with Gasteiger partial charge in [0.05, 0.1) is 43.6 Å². The Bertz CT molecular complexity index is 1500. The summed E-state index contributed by atoms with van der Waals surface area (Å²) in [5.74, 6) is 0.782. The molecule has 2 aromatic carbocycles. The molecule has 3 aromatic rings. The third-order valence-corrected chi connectivity index (χ3v) is 6.51. The second-order valence-corrected chi connectivity index (χ2v) is 8.69. The molecule has 0 radical (unpaired) electrons. The summed E-state index contributed by atoms with van der Waals surface area (Å²) in [4.78, 5) is 31.1. The molecule has 4 rings (SSSR count). The van der Waals surface area contributed by atoms with Crippen molar-refractivity contribution in [2.24, 2.45) is 4.99 Å². The molecule has 1 N–H and O–H groups in total. The van der Waals surface area contributed by atoms with E-state index in [1.54, 1.807) is 36.4 Å². The molecule has 0 saturated carbocycles. The number of hydrogen-bond donors (Lipinski definition) is 1. The van der Waals surface area contributed by atoms with Crippen molar-refractivity contribution < 1.29 is 28.8 Å². The lowest BCUT2D eigenvalue weighted by Crippen LogP contribution is -2.39. The SMILES string of the molecule is CCOc1ccc([C@@H]2C(C(=O)OC)=CN=c3s/c(=C\c4ccc(O)c(OC)c4)c(=O)n32)cc1OCC. The van der Waals surface area contributed by atoms with Crippen LogP contribution in [-0.4, -0.2) is 43.1 Å². The van der Waals surface area contributed by atoms with Crippen LogP contribution in [0, 0.1) is 0 Å². The van der Waals surface area contributed by atoms with E-state index in [0.29, 0.717) is 50.9 Å². The summed E-state index contributed by atoms with van der Waals surface area (Å²) in [5.41, 5.74) is 1.21. The van der Waals surface area contributed by atoms with E-state index in [2.05, 4.69) is 4.99 Å². The predicted octanol–water partition coefficient (Wildman–Crippen LogP) is 2.53. The zero-order valence-electron chi connectivity index (χ0n) is 20.3. The van der Waals surface area contributed by atoms with Gasteiger partial charge in [-0.1, -0.05) is 23.5 Å². The lowest BCUT2D eigenvalue weighted by atomic mass is 9.97. The maximum atomic E-state index is 13.6. The summed E-state index contributed by atoms with van der Waals surface area (Å²) in [7, 11) is 2.74. The number of ether oxygens (including phenoxy) is 4. The van der Waals surface area contributed by atoms with Crippen LogP contribution in [0.3, 0.4) is 0 Å². The molecule has 0 amide bonds. The highest BCUT2D eigenvalue weighted by Gasteiger charge is 2.31. The zero-order valence-corrected chi connectivity index (χ0v) is 21.1. The molecule has 188 valence electrons. The second-order valence-electron chi connectivity index (χ2n) is 7.68. The van der Waals surface area contributed by atoms with Crippen molar-refractivity contribution in [3.05, 3.63) is 79.0 Å². The summed E-state index contributed by atoms with van der Waals surface area (Å²) in [6.45, 7) is 4.62. The van der Waals surface area contributed by atoms with Crippen LogP contribution < -0.4 is 29.1 Å². The first-order valence-corrected chi connectivity index (χ1v) is 12.1. The molecule has 2 heterocycles. The van der Waals surface area contributed by atoms with Gasteiger partial charge in [-0.15, -0.1) is 0 Å². The van der Waals surface area contributed by atoms with E-state index in [9.17, 15) is 14.7 Å². The Morgan fingerprint density at radius 2 is 1.83 bits per heavy atom. The molecule has 1 aliphatic rings. The second kappa shape index (κ2) is 10.7. The first kappa shape index (κ1) is 25.1. The minimum Gasteiger partial charge on any atom is -0.504 e. The van der Waals surface area contributed by atoms with Crippen LogP contribution in [-0.2, 0) is 9.53 Å². The number of hydrogen-bond acceptors (Lipinski definition) is 9. The first-order valence-electron chi connectivity index (χ1n) is 11.3. The maximum absolute atomic E-state index is 13.6. The Hall–Kier alpha value is -4.05. The van der Waals surface area contributed by atoms with Crippen molar-refractivity contribution in [1.82, 2.24) is 4.57 Å². The van der Waals surface area contributed by atoms with Crippen molar-refractivity contribution in [2.75, 3.05) is 27.4 Å². The van der Waals surface area contributed by atoms with Crippen LogP contribution in [0.2, 0.25) is 0 Å². The highest BCUT2D eigenvalue weighted by atomic mass is 32.1. The maximum Gasteiger partial charge on any atom is 0.337 e. The first-order chi connectivity index (χ1) is 17.4. The molecule has 1 aliphatic heterocycles. The van der Waals surface area contributed by atoms with Gasteiger partial charge in [-0.3, -0.25) is 9.36 Å². The van der Waals surface area contributed by atoms with E-state index < -0.39 is 12.0 Å². The average Bonchev–Trinajstić information content (AvgIpc) is 3.20. The monoisotopic (exact) mass is 510 g/mol. The minimum absolute atomic E-state index is 0.000526. The molecular weight excluding hydrogens is 484 g/mol. The van der Waals surface area contributed by atoms with Gasteiger partial charge in [-0.2, -0.15) is 0 Å². The highest BCUT2D eigenvalue weighted by Crippen LogP contribution is 2.35. The van der Waals surface area contributed by atoms with E-state index >= 15 is 0 Å². The quantitative estimate of drug-likeness (QED) is 0.464. The zero-order chi connectivity index (χ0) is 25.8. The Kier molecular flexibility index (Phi) is 7.44. The van der Waals surface area contributed by atoms with Crippen molar-refractivity contribution in [3.63, 3.8) is 0 Å². The van der Waals surface area contributed by atoms with Gasteiger partial charge in [0.15, 0.2) is 27.8 Å². The molecule has 10 heteroatoms. The minimum atomic E-state index is -0.778. The number of nitrogens with zero attached hydrogens (tertiary/aromatic N) is 2. The fraction of sp³-hybridized carbons (Fsp3) is 0.269. The standard InChI is InChI=1S/C26H26N2O7S/c1-5-34-19-10-8-16(13-21(19)35-6-2)23-17(25(31)33-4)14-27-26-28(23)24(30)22(36-26)12-15-7-9-18(29)20(11-15)32-3/h7-14,23,29H,5-6H2,1-4H3/b22-12-/t23-/m1/s1. The molecule has 9 nitrogen and oxygen atoms in total. The van der Waals surface area contributed by atoms with E-state index in [-0.39, 0.29) is 16.9 Å². The Balaban J connectivity index is 1.90. The largest absolute Gasteiger partial charge is 0.504 e. The number of phenols is 1. The van der Waals surface area contributed by atoms with E-state index in [1.165, 1.54) is 42.4 Å². The third kappa shape index (κ3) is 4.72. The van der Waals surface area contributed by atoms with Gasteiger partial charge < -0.3 is 24.1 Å². The van der Waals surface area contributed by atoms with Crippen LogP contribution in [0.1, 0.15) is 31.0 Å². The molecule has 1 aromatic heterocycles. The molecule has 0 saturated heterocycles. The lowest BCUT2D eigenvalue weighted by Gasteiger charge is -2.23. The number of benzene rings is 2. The van der Waals surface area contributed by atoms with Crippen molar-refractivity contribution >= 4 is 23.4 Å². The smallest absolute Gasteiger partial charge is 0.337 e. The summed E-state index contributed by atoms with van der Waals surface area (Å²) in [6, 6.07) is 9.35. The molecule has 0 spiro atoms. The molecule has 0 unspecified atom stereocenters. The number of carbonyl (C=O) groups is 1. The van der Waals surface area contributed by atoms with Gasteiger partial charge in [-0.05, 0) is 55.3 Å². The topological polar surface area (TPSA) is 109 Å². The van der Waals surface area contributed by atoms with Crippen molar-refractivity contribution in [2.45, 2.75) is 19.9 Å². The van der Waals surface area contributed by atoms with Crippen LogP contribution in [0.4, 0.5) is 0 Å². The molecule has 0 aliphatic carbocycles. The summed E-state index contributed by atoms with van der Waals surface area (Å²) in [6.07, 6.45) is 3.13. The van der Waals surface area contributed by atoms with Crippen LogP contribution in [0.5, 0.6) is 23.0 Å². The van der Waals surface area contributed by atoms with E-state index in [0.717, 1.165) is 0 Å². The van der Waals surface area contributed by atoms with Crippen LogP contribution >= 0.6 is 11.3 Å². The number of esters is 1. The van der Waals surface area contributed by atoms with Crippen molar-refractivity contribution in [1.29, 1.82) is 0 Å². The molecule has 1 atom stereocenters. The van der Waals surface area contributed by atoms with Gasteiger partial charge >= 0.3 is 5.97 Å². The molecule has 36 heavy (non-hydrogen) atoms. The third-order valence-electron chi connectivity index (χ3n) is 5.51. The summed E-state index contributed by atoms with van der Waals surface area (Å²) < 4.78 is 23.5. The van der Waals surface area contributed by atoms with Gasteiger partial charge in [0, 0.05) is 6.20 Å². The number of fused-ring (bicyclic) bond motifs is 1. The van der Waals surface area contributed by atoms with Gasteiger partial charge in [-0.25, -0.2) is 9.79 Å². The average molecular weight is 511 g/mol. The van der Waals surface area contributed by atoms with Gasteiger partial charge in [0.1, 0.15) is 0 Å². The summed E-state index contributed by atoms with van der Waals surface area (Å²) >= 11 is 1.19. The predicted molar refractivity (Wildman–Crippen MR) is 135 cm³/mol. The number of rotatable bonds is 8.